The van der Waals surface area contributed by atoms with Crippen molar-refractivity contribution in [2.45, 2.75) is 19.3 Å². The lowest BCUT2D eigenvalue weighted by Gasteiger charge is -2.14. The van der Waals surface area contributed by atoms with Gasteiger partial charge in [0.15, 0.2) is 0 Å². The molecule has 0 aliphatic carbocycles. The summed E-state index contributed by atoms with van der Waals surface area (Å²) in [7, 11) is 0. The third kappa shape index (κ3) is 2.00. The quantitative estimate of drug-likeness (QED) is 0.814. The van der Waals surface area contributed by atoms with E-state index in [1.807, 2.05) is 0 Å². The molecule has 3 rings (SSSR count). The minimum absolute atomic E-state index is 0. The number of ether oxygens (including phenoxy) is 2. The molecule has 0 fully saturated rings. The highest BCUT2D eigenvalue weighted by molar-refractivity contribution is 14.1. The number of nitrogens with two attached hydrogens (primary N) is 1. The maximum absolute atomic E-state index is 5.77. The Bertz CT molecular complexity index is 416. The van der Waals surface area contributed by atoms with E-state index in [0.717, 1.165) is 44.0 Å². The summed E-state index contributed by atoms with van der Waals surface area (Å²) in [4.78, 5) is 0. The Balaban J connectivity index is 0.00000108. The Kier molecular flexibility index (Phi) is 4.05. The van der Waals surface area contributed by atoms with E-state index in [4.69, 9.17) is 15.2 Å². The van der Waals surface area contributed by atoms with Crippen LogP contribution in [0.4, 0.5) is 0 Å². The van der Waals surface area contributed by atoms with Crippen molar-refractivity contribution in [2.24, 2.45) is 5.73 Å². The van der Waals surface area contributed by atoms with Gasteiger partial charge < -0.3 is 15.2 Å². The molecule has 2 heterocycles. The number of benzene rings is 1. The van der Waals surface area contributed by atoms with Gasteiger partial charge in [-0.25, -0.2) is 0 Å². The maximum Gasteiger partial charge on any atom is 0.136 e. The topological polar surface area (TPSA) is 44.5 Å². The number of fused-ring (bicyclic) bond motifs is 2. The van der Waals surface area contributed by atoms with Crippen LogP contribution in [0.5, 0.6) is 11.5 Å². The molecule has 0 unspecified atom stereocenters. The highest BCUT2D eigenvalue weighted by Crippen LogP contribution is 2.44. The van der Waals surface area contributed by atoms with Crippen LogP contribution >= 0.6 is 35.0 Å². The van der Waals surface area contributed by atoms with Crippen LogP contribution in [0.25, 0.3) is 0 Å². The van der Waals surface area contributed by atoms with Gasteiger partial charge in [-0.05, 0) is 35.6 Å². The van der Waals surface area contributed by atoms with Crippen LogP contribution in [0, 0.1) is 3.57 Å². The molecule has 5 heteroatoms. The van der Waals surface area contributed by atoms with E-state index in [2.05, 4.69) is 22.6 Å². The van der Waals surface area contributed by atoms with Crippen LogP contribution < -0.4 is 15.2 Å². The molecule has 0 spiro atoms. The van der Waals surface area contributed by atoms with Crippen LogP contribution in [0.1, 0.15) is 16.7 Å². The lowest BCUT2D eigenvalue weighted by Crippen LogP contribution is -2.07. The zero-order valence-corrected chi connectivity index (χ0v) is 12.4. The summed E-state index contributed by atoms with van der Waals surface area (Å²) in [6.07, 6.45) is 2.89. The molecule has 2 aliphatic heterocycles. The zero-order chi connectivity index (χ0) is 11.1. The minimum Gasteiger partial charge on any atom is -0.493 e. The smallest absolute Gasteiger partial charge is 0.136 e. The monoisotopic (exact) mass is 367 g/mol. The summed E-state index contributed by atoms with van der Waals surface area (Å²) in [6, 6.07) is 0. The molecular weight excluding hydrogens is 352 g/mol. The molecule has 0 amide bonds. The largest absolute Gasteiger partial charge is 0.493 e. The fourth-order valence-electron chi connectivity index (χ4n) is 2.56. The maximum atomic E-state index is 5.77. The van der Waals surface area contributed by atoms with Crippen molar-refractivity contribution in [3.8, 4) is 11.5 Å². The van der Waals surface area contributed by atoms with Gasteiger partial charge >= 0.3 is 0 Å². The zero-order valence-electron chi connectivity index (χ0n) is 9.42. The molecule has 0 saturated heterocycles. The van der Waals surface area contributed by atoms with E-state index >= 15 is 0 Å². The molecule has 0 bridgehead atoms. The van der Waals surface area contributed by atoms with Crippen LogP contribution in [-0.4, -0.2) is 19.8 Å². The summed E-state index contributed by atoms with van der Waals surface area (Å²) in [5, 5.41) is 0. The van der Waals surface area contributed by atoms with Crippen LogP contribution in [0.15, 0.2) is 0 Å². The fraction of sp³-hybridized carbons (Fsp3) is 0.500. The molecule has 1 aromatic carbocycles. The molecule has 2 aliphatic rings. The second-order valence-electron chi connectivity index (χ2n) is 4.14. The highest BCUT2D eigenvalue weighted by Gasteiger charge is 2.29. The first-order chi connectivity index (χ1) is 7.83. The summed E-state index contributed by atoms with van der Waals surface area (Å²) in [6.45, 7) is 2.26. The van der Waals surface area contributed by atoms with Gasteiger partial charge in [-0.1, -0.05) is 0 Å². The van der Waals surface area contributed by atoms with Crippen molar-refractivity contribution in [3.63, 3.8) is 0 Å². The van der Waals surface area contributed by atoms with Gasteiger partial charge in [0.25, 0.3) is 0 Å². The van der Waals surface area contributed by atoms with Crippen molar-refractivity contribution in [1.29, 1.82) is 0 Å². The molecule has 0 atom stereocenters. The Labute approximate surface area is 121 Å². The van der Waals surface area contributed by atoms with E-state index < -0.39 is 0 Å². The molecular formula is C12H15ClINO2. The first kappa shape index (κ1) is 13.2. The SMILES string of the molecule is Cl.NCCc1c2c(c(I)c3c1OCC3)OCC2. The molecule has 0 radical (unpaired) electrons. The Morgan fingerprint density at radius 1 is 1.06 bits per heavy atom. The predicted octanol–water partition coefficient (Wildman–Crippen LogP) is 2.08. The third-order valence-corrected chi connectivity index (χ3v) is 4.38. The number of hydrogen-bond donors (Lipinski definition) is 1. The summed E-state index contributed by atoms with van der Waals surface area (Å²) in [5.74, 6) is 2.19. The van der Waals surface area contributed by atoms with E-state index in [1.165, 1.54) is 20.3 Å². The van der Waals surface area contributed by atoms with E-state index in [-0.39, 0.29) is 12.4 Å². The normalized spacial score (nSPS) is 15.6. The van der Waals surface area contributed by atoms with Crippen molar-refractivity contribution in [2.75, 3.05) is 19.8 Å². The average Bonchev–Trinajstić information content (AvgIpc) is 2.92. The van der Waals surface area contributed by atoms with Gasteiger partial charge in [0.1, 0.15) is 11.5 Å². The van der Waals surface area contributed by atoms with Crippen molar-refractivity contribution in [1.82, 2.24) is 0 Å². The molecule has 3 nitrogen and oxygen atoms in total. The Hall–Kier alpha value is -0.200. The first-order valence-corrected chi connectivity index (χ1v) is 6.72. The fourth-order valence-corrected chi connectivity index (χ4v) is 3.55. The molecule has 17 heavy (non-hydrogen) atoms. The molecule has 0 saturated carbocycles. The second kappa shape index (κ2) is 5.20. The molecule has 2 N–H and O–H groups in total. The van der Waals surface area contributed by atoms with Gasteiger partial charge in [0.05, 0.1) is 16.8 Å². The van der Waals surface area contributed by atoms with Crippen LogP contribution in [0.3, 0.4) is 0 Å². The van der Waals surface area contributed by atoms with Gasteiger partial charge in [0.2, 0.25) is 0 Å². The highest BCUT2D eigenvalue weighted by atomic mass is 127. The Morgan fingerprint density at radius 3 is 2.41 bits per heavy atom. The Morgan fingerprint density at radius 2 is 1.71 bits per heavy atom. The van der Waals surface area contributed by atoms with Crippen molar-refractivity contribution in [3.05, 3.63) is 20.3 Å². The van der Waals surface area contributed by atoms with E-state index in [1.54, 1.807) is 0 Å². The molecule has 1 aromatic rings. The van der Waals surface area contributed by atoms with E-state index in [9.17, 15) is 0 Å². The second-order valence-corrected chi connectivity index (χ2v) is 5.22. The first-order valence-electron chi connectivity index (χ1n) is 5.64. The van der Waals surface area contributed by atoms with Gasteiger partial charge in [-0.15, -0.1) is 12.4 Å². The summed E-state index contributed by atoms with van der Waals surface area (Å²) < 4.78 is 12.8. The lowest BCUT2D eigenvalue weighted by molar-refractivity contribution is 0.353. The standard InChI is InChI=1S/C12H14INO2.ClH/c13-10-9-3-6-15-11(9)7(1-4-14)8-2-5-16-12(8)10;/h1-6,14H2;1H. The number of halogens is 2. The van der Waals surface area contributed by atoms with Crippen LogP contribution in [0.2, 0.25) is 0 Å². The third-order valence-electron chi connectivity index (χ3n) is 3.24. The van der Waals surface area contributed by atoms with E-state index in [0.29, 0.717) is 6.54 Å². The minimum atomic E-state index is 0. The molecule has 0 aromatic heterocycles. The van der Waals surface area contributed by atoms with Crippen molar-refractivity contribution < 1.29 is 9.47 Å². The predicted molar refractivity (Wildman–Crippen MR) is 77.6 cm³/mol. The van der Waals surface area contributed by atoms with Gasteiger partial charge in [-0.2, -0.15) is 0 Å². The summed E-state index contributed by atoms with van der Waals surface area (Å²) >= 11 is 2.38. The number of rotatable bonds is 2. The summed E-state index contributed by atoms with van der Waals surface area (Å²) in [5.41, 5.74) is 9.64. The van der Waals surface area contributed by atoms with Gasteiger partial charge in [0, 0.05) is 29.5 Å². The number of hydrogen-bond acceptors (Lipinski definition) is 3. The average molecular weight is 368 g/mol. The van der Waals surface area contributed by atoms with Crippen molar-refractivity contribution >= 4 is 35.0 Å². The lowest BCUT2D eigenvalue weighted by atomic mass is 9.97. The van der Waals surface area contributed by atoms with Gasteiger partial charge in [-0.3, -0.25) is 0 Å². The van der Waals surface area contributed by atoms with Crippen LogP contribution in [-0.2, 0) is 19.3 Å². The molecule has 94 valence electrons.